The number of furan rings is 1. The van der Waals surface area contributed by atoms with Crippen molar-refractivity contribution in [3.8, 4) is 22.3 Å². The molecular formula is C40H37OSi. The molecule has 2 heteroatoms. The highest BCUT2D eigenvalue weighted by Crippen LogP contribution is 2.56. The van der Waals surface area contributed by atoms with Crippen LogP contribution in [0.5, 0.6) is 0 Å². The minimum atomic E-state index is -0.629. The smallest absolute Gasteiger partial charge is 0.131 e. The van der Waals surface area contributed by atoms with E-state index in [0.29, 0.717) is 0 Å². The van der Waals surface area contributed by atoms with Gasteiger partial charge in [-0.05, 0) is 114 Å². The molecule has 0 amide bonds. The molecule has 42 heavy (non-hydrogen) atoms. The third-order valence-corrected chi connectivity index (χ3v) is 10.8. The number of hydrogen-bond acceptors (Lipinski definition) is 1. The van der Waals surface area contributed by atoms with E-state index in [9.17, 15) is 0 Å². The SMILES string of the molecule is CC1=C(C2C(c3ccc(C)o3)=Cc3c2ccc(C)c3-c2ccccc2)c2c(cc([Si](C)C)c(C)c2-c2ccccc2)C1. The van der Waals surface area contributed by atoms with Crippen LogP contribution in [0.1, 0.15) is 57.7 Å². The zero-order valence-electron chi connectivity index (χ0n) is 25.4. The summed E-state index contributed by atoms with van der Waals surface area (Å²) in [5, 5.41) is 1.55. The van der Waals surface area contributed by atoms with Gasteiger partial charge in [-0.3, -0.25) is 0 Å². The van der Waals surface area contributed by atoms with E-state index in [-0.39, 0.29) is 5.92 Å². The second-order valence-corrected chi connectivity index (χ2v) is 14.8. The van der Waals surface area contributed by atoms with Gasteiger partial charge in [-0.25, -0.2) is 0 Å². The maximum Gasteiger partial charge on any atom is 0.131 e. The highest BCUT2D eigenvalue weighted by molar-refractivity contribution is 6.71. The first-order valence-electron chi connectivity index (χ1n) is 15.0. The van der Waals surface area contributed by atoms with Crippen molar-refractivity contribution in [2.45, 2.75) is 53.1 Å². The van der Waals surface area contributed by atoms with Crippen LogP contribution in [0, 0.1) is 20.8 Å². The van der Waals surface area contributed by atoms with Gasteiger partial charge < -0.3 is 4.42 Å². The van der Waals surface area contributed by atoms with Crippen LogP contribution in [0.3, 0.4) is 0 Å². The minimum Gasteiger partial charge on any atom is -0.462 e. The van der Waals surface area contributed by atoms with E-state index in [0.717, 1.165) is 17.9 Å². The summed E-state index contributed by atoms with van der Waals surface area (Å²) in [7, 11) is -0.629. The van der Waals surface area contributed by atoms with Gasteiger partial charge in [0.25, 0.3) is 0 Å². The normalized spacial score (nSPS) is 15.8. The van der Waals surface area contributed by atoms with Gasteiger partial charge in [-0.15, -0.1) is 0 Å². The summed E-state index contributed by atoms with van der Waals surface area (Å²) < 4.78 is 6.39. The topological polar surface area (TPSA) is 13.1 Å². The molecule has 0 spiro atoms. The Morgan fingerprint density at radius 2 is 1.38 bits per heavy atom. The van der Waals surface area contributed by atoms with E-state index in [1.807, 2.05) is 6.92 Å². The van der Waals surface area contributed by atoms with Gasteiger partial charge >= 0.3 is 0 Å². The van der Waals surface area contributed by atoms with Crippen molar-refractivity contribution in [3.63, 3.8) is 0 Å². The third kappa shape index (κ3) is 4.20. The Hall–Kier alpha value is -4.14. The quantitative estimate of drug-likeness (QED) is 0.195. The summed E-state index contributed by atoms with van der Waals surface area (Å²) >= 11 is 0. The highest BCUT2D eigenvalue weighted by Gasteiger charge is 2.38. The van der Waals surface area contributed by atoms with E-state index in [1.165, 1.54) is 72.4 Å². The molecule has 4 aromatic carbocycles. The molecule has 1 aromatic heterocycles. The van der Waals surface area contributed by atoms with Crippen LogP contribution in [0.2, 0.25) is 13.1 Å². The zero-order chi connectivity index (χ0) is 29.1. The number of allylic oxidation sites excluding steroid dienone is 3. The summed E-state index contributed by atoms with van der Waals surface area (Å²) in [5.41, 5.74) is 17.9. The fourth-order valence-electron chi connectivity index (χ4n) is 7.41. The van der Waals surface area contributed by atoms with Crippen LogP contribution in [0.15, 0.2) is 101 Å². The van der Waals surface area contributed by atoms with Gasteiger partial charge in [-0.2, -0.15) is 0 Å². The summed E-state index contributed by atoms with van der Waals surface area (Å²) in [4.78, 5) is 0. The van der Waals surface area contributed by atoms with Crippen LogP contribution in [-0.2, 0) is 6.42 Å². The lowest BCUT2D eigenvalue weighted by atomic mass is 9.79. The number of hydrogen-bond donors (Lipinski definition) is 0. The predicted molar refractivity (Wildman–Crippen MR) is 181 cm³/mol. The van der Waals surface area contributed by atoms with Crippen LogP contribution in [-0.4, -0.2) is 8.80 Å². The van der Waals surface area contributed by atoms with Crippen molar-refractivity contribution in [3.05, 3.63) is 141 Å². The zero-order valence-corrected chi connectivity index (χ0v) is 26.4. The molecule has 1 unspecified atom stereocenters. The average molecular weight is 562 g/mol. The van der Waals surface area contributed by atoms with E-state index in [4.69, 9.17) is 4.42 Å². The summed E-state index contributed by atoms with van der Waals surface area (Å²) in [6.07, 6.45) is 3.43. The van der Waals surface area contributed by atoms with Crippen LogP contribution in [0.4, 0.5) is 0 Å². The molecular weight excluding hydrogens is 525 g/mol. The average Bonchev–Trinajstić information content (AvgIpc) is 3.67. The van der Waals surface area contributed by atoms with Gasteiger partial charge in [-0.1, -0.05) is 103 Å². The van der Waals surface area contributed by atoms with Crippen molar-refractivity contribution in [2.24, 2.45) is 0 Å². The lowest BCUT2D eigenvalue weighted by Gasteiger charge is -2.25. The number of fused-ring (bicyclic) bond motifs is 2. The first-order chi connectivity index (χ1) is 20.3. The molecule has 0 N–H and O–H groups in total. The summed E-state index contributed by atoms with van der Waals surface area (Å²) in [5.74, 6) is 2.03. The third-order valence-electron chi connectivity index (χ3n) is 9.24. The Labute approximate surface area is 251 Å². The van der Waals surface area contributed by atoms with Gasteiger partial charge in [0.2, 0.25) is 0 Å². The Morgan fingerprint density at radius 1 is 0.714 bits per heavy atom. The van der Waals surface area contributed by atoms with Gasteiger partial charge in [0, 0.05) is 11.5 Å². The lowest BCUT2D eigenvalue weighted by molar-refractivity contribution is 0.520. The van der Waals surface area contributed by atoms with E-state index >= 15 is 0 Å². The monoisotopic (exact) mass is 561 g/mol. The Kier molecular flexibility index (Phi) is 6.55. The molecule has 0 saturated heterocycles. The van der Waals surface area contributed by atoms with E-state index < -0.39 is 8.80 Å². The number of aryl methyl sites for hydroxylation is 2. The first kappa shape index (κ1) is 26.7. The Balaban J connectivity index is 1.53. The molecule has 1 nitrogen and oxygen atoms in total. The van der Waals surface area contributed by atoms with Gasteiger partial charge in [0.15, 0.2) is 0 Å². The van der Waals surface area contributed by atoms with Gasteiger partial charge in [0.1, 0.15) is 11.5 Å². The number of benzene rings is 4. The molecule has 2 aliphatic carbocycles. The van der Waals surface area contributed by atoms with Crippen LogP contribution >= 0.6 is 0 Å². The summed E-state index contributed by atoms with van der Waals surface area (Å²) in [6, 6.07) is 33.4. The van der Waals surface area contributed by atoms with E-state index in [2.05, 4.69) is 131 Å². The predicted octanol–water partition coefficient (Wildman–Crippen LogP) is 10.2. The van der Waals surface area contributed by atoms with Crippen molar-refractivity contribution < 1.29 is 4.42 Å². The molecule has 7 rings (SSSR count). The Bertz CT molecular complexity index is 1900. The Morgan fingerprint density at radius 3 is 2.00 bits per heavy atom. The molecule has 2 aliphatic rings. The van der Waals surface area contributed by atoms with Crippen molar-refractivity contribution in [1.29, 1.82) is 0 Å². The lowest BCUT2D eigenvalue weighted by Crippen LogP contribution is -2.27. The van der Waals surface area contributed by atoms with Crippen molar-refractivity contribution in [2.75, 3.05) is 0 Å². The molecule has 1 atom stereocenters. The summed E-state index contributed by atoms with van der Waals surface area (Å²) in [6.45, 7) is 13.8. The van der Waals surface area contributed by atoms with E-state index in [1.54, 1.807) is 5.19 Å². The highest BCUT2D eigenvalue weighted by atomic mass is 28.3. The van der Waals surface area contributed by atoms with Crippen LogP contribution < -0.4 is 5.19 Å². The maximum atomic E-state index is 6.39. The molecule has 207 valence electrons. The standard InChI is InChI=1S/C40H37OSi/c1-24-17-19-31-32(36(24)28-13-9-7-10-14-28)23-33(34-20-18-26(3)41-34)40(31)37-25(2)21-30-22-35(42(5)6)27(4)38(39(30)37)29-15-11-8-12-16-29/h7-20,22-23,40H,21H2,1-6H3. The van der Waals surface area contributed by atoms with Gasteiger partial charge in [0.05, 0.1) is 8.80 Å². The fraction of sp³-hybridized carbons (Fsp3) is 0.200. The molecule has 1 radical (unpaired) electrons. The van der Waals surface area contributed by atoms with Crippen LogP contribution in [0.25, 0.3) is 39.5 Å². The molecule has 0 saturated carbocycles. The molecule has 0 aliphatic heterocycles. The maximum absolute atomic E-state index is 6.39. The number of rotatable bonds is 5. The van der Waals surface area contributed by atoms with Crippen molar-refractivity contribution in [1.82, 2.24) is 0 Å². The molecule has 5 aromatic rings. The minimum absolute atomic E-state index is 0.107. The second kappa shape index (κ2) is 10.3. The van der Waals surface area contributed by atoms with Crippen molar-refractivity contribution >= 4 is 31.2 Å². The molecule has 0 bridgehead atoms. The fourth-order valence-corrected chi connectivity index (χ4v) is 8.75. The second-order valence-electron chi connectivity index (χ2n) is 12.3. The molecule has 0 fully saturated rings. The largest absolute Gasteiger partial charge is 0.462 e. The molecule has 1 heterocycles. The first-order valence-corrected chi connectivity index (χ1v) is 17.5.